The molecule has 0 spiro atoms. The Hall–Kier alpha value is -2.83. The van der Waals surface area contributed by atoms with E-state index in [-0.39, 0.29) is 23.5 Å². The molecule has 1 aromatic heterocycles. The van der Waals surface area contributed by atoms with Crippen molar-refractivity contribution in [2.75, 3.05) is 18.9 Å². The van der Waals surface area contributed by atoms with Gasteiger partial charge in [-0.2, -0.15) is 0 Å². The maximum absolute atomic E-state index is 12.2. The second kappa shape index (κ2) is 6.51. The van der Waals surface area contributed by atoms with Crippen LogP contribution in [0.25, 0.3) is 0 Å². The third-order valence-corrected chi connectivity index (χ3v) is 3.56. The summed E-state index contributed by atoms with van der Waals surface area (Å²) in [6.07, 6.45) is 3.73. The number of nitrogens with zero attached hydrogens (tertiary/aromatic N) is 2. The van der Waals surface area contributed by atoms with Crippen LogP contribution in [-0.2, 0) is 0 Å². The average molecular weight is 314 g/mol. The number of carbonyl (C=O) groups excluding carboxylic acids is 1. The first-order valence-electron chi connectivity index (χ1n) is 7.42. The van der Waals surface area contributed by atoms with Crippen molar-refractivity contribution in [3.63, 3.8) is 0 Å². The van der Waals surface area contributed by atoms with Crippen LogP contribution in [0.3, 0.4) is 0 Å². The minimum Gasteiger partial charge on any atom is -0.490 e. The summed E-state index contributed by atoms with van der Waals surface area (Å²) in [6.45, 7) is 3.14. The molecule has 1 aromatic carbocycles. The molecule has 7 heteroatoms. The number of nitrogens with one attached hydrogen (secondary N) is 1. The fourth-order valence-corrected chi connectivity index (χ4v) is 2.32. The highest BCUT2D eigenvalue weighted by atomic mass is 16.5. The lowest BCUT2D eigenvalue weighted by atomic mass is 10.1. The molecule has 0 bridgehead atoms. The topological polar surface area (TPSA) is 99.4 Å². The molecule has 0 aliphatic carbocycles. The van der Waals surface area contributed by atoms with E-state index in [2.05, 4.69) is 15.3 Å². The minimum absolute atomic E-state index is 0.107. The van der Waals surface area contributed by atoms with Gasteiger partial charge in [-0.3, -0.25) is 4.79 Å². The molecule has 1 atom stereocenters. The van der Waals surface area contributed by atoms with Crippen LogP contribution in [0.2, 0.25) is 0 Å². The molecule has 2 aromatic rings. The molecule has 1 aliphatic rings. The highest BCUT2D eigenvalue weighted by molar-refractivity contribution is 5.96. The van der Waals surface area contributed by atoms with E-state index >= 15 is 0 Å². The molecule has 0 unspecified atom stereocenters. The zero-order valence-electron chi connectivity index (χ0n) is 12.8. The predicted octanol–water partition coefficient (Wildman–Crippen LogP) is 1.71. The Bertz CT molecular complexity index is 720. The summed E-state index contributed by atoms with van der Waals surface area (Å²) in [7, 11) is 0. The van der Waals surface area contributed by atoms with Crippen molar-refractivity contribution in [2.45, 2.75) is 19.4 Å². The third-order valence-electron chi connectivity index (χ3n) is 3.56. The molecular formula is C16H18N4O3. The molecule has 2 heterocycles. The third kappa shape index (κ3) is 3.33. The van der Waals surface area contributed by atoms with Gasteiger partial charge in [-0.1, -0.05) is 6.07 Å². The molecule has 3 N–H and O–H groups in total. The van der Waals surface area contributed by atoms with Crippen LogP contribution in [0.5, 0.6) is 11.5 Å². The lowest BCUT2D eigenvalue weighted by Crippen LogP contribution is -2.28. The normalized spacial score (nSPS) is 14.7. The molecular weight excluding hydrogens is 296 g/mol. The van der Waals surface area contributed by atoms with E-state index in [9.17, 15) is 4.79 Å². The molecule has 1 aliphatic heterocycles. The number of ether oxygens (including phenoxy) is 2. The summed E-state index contributed by atoms with van der Waals surface area (Å²) < 4.78 is 11.3. The van der Waals surface area contributed by atoms with Crippen LogP contribution in [-0.4, -0.2) is 29.1 Å². The Balaban J connectivity index is 1.76. The van der Waals surface area contributed by atoms with Gasteiger partial charge in [0, 0.05) is 18.8 Å². The van der Waals surface area contributed by atoms with Crippen molar-refractivity contribution >= 4 is 11.7 Å². The van der Waals surface area contributed by atoms with Gasteiger partial charge in [0.15, 0.2) is 23.0 Å². The molecule has 0 saturated carbocycles. The number of carbonyl (C=O) groups is 1. The molecule has 7 nitrogen and oxygen atoms in total. The summed E-state index contributed by atoms with van der Waals surface area (Å²) in [6, 6.07) is 5.40. The van der Waals surface area contributed by atoms with E-state index in [1.54, 1.807) is 0 Å². The van der Waals surface area contributed by atoms with Gasteiger partial charge < -0.3 is 20.5 Å². The van der Waals surface area contributed by atoms with Crippen LogP contribution in [0.15, 0.2) is 30.6 Å². The Morgan fingerprint density at radius 2 is 1.96 bits per heavy atom. The Labute approximate surface area is 133 Å². The largest absolute Gasteiger partial charge is 0.490 e. The highest BCUT2D eigenvalue weighted by Crippen LogP contribution is 2.32. The van der Waals surface area contributed by atoms with Crippen molar-refractivity contribution in [3.05, 3.63) is 41.9 Å². The van der Waals surface area contributed by atoms with E-state index in [4.69, 9.17) is 15.2 Å². The second-order valence-corrected chi connectivity index (χ2v) is 5.24. The summed E-state index contributed by atoms with van der Waals surface area (Å²) >= 11 is 0. The number of benzene rings is 1. The van der Waals surface area contributed by atoms with E-state index in [0.29, 0.717) is 19.0 Å². The van der Waals surface area contributed by atoms with Crippen molar-refractivity contribution in [1.29, 1.82) is 0 Å². The summed E-state index contributed by atoms with van der Waals surface area (Å²) in [5, 5.41) is 2.86. The van der Waals surface area contributed by atoms with Crippen LogP contribution >= 0.6 is 0 Å². The lowest BCUT2D eigenvalue weighted by molar-refractivity contribution is 0.0935. The highest BCUT2D eigenvalue weighted by Gasteiger charge is 2.18. The maximum Gasteiger partial charge on any atom is 0.274 e. The van der Waals surface area contributed by atoms with Gasteiger partial charge in [0.05, 0.1) is 19.3 Å². The van der Waals surface area contributed by atoms with Gasteiger partial charge in [-0.05, 0) is 24.6 Å². The first kappa shape index (κ1) is 15.1. The maximum atomic E-state index is 12.2. The second-order valence-electron chi connectivity index (χ2n) is 5.24. The van der Waals surface area contributed by atoms with Crippen LogP contribution in [0, 0.1) is 0 Å². The van der Waals surface area contributed by atoms with Crippen molar-refractivity contribution in [3.8, 4) is 11.5 Å². The fourth-order valence-electron chi connectivity index (χ4n) is 2.32. The number of rotatable bonds is 3. The molecule has 0 fully saturated rings. The number of nitrogen functional groups attached to an aromatic ring is 1. The van der Waals surface area contributed by atoms with E-state index in [0.717, 1.165) is 17.7 Å². The molecule has 3 rings (SSSR count). The molecule has 120 valence electrons. The van der Waals surface area contributed by atoms with Gasteiger partial charge in [0.2, 0.25) is 0 Å². The van der Waals surface area contributed by atoms with E-state index in [1.807, 2.05) is 25.1 Å². The zero-order valence-corrected chi connectivity index (χ0v) is 12.8. The number of hydrogen-bond donors (Lipinski definition) is 2. The fraction of sp³-hybridized carbons (Fsp3) is 0.312. The Morgan fingerprint density at radius 3 is 2.74 bits per heavy atom. The standard InChI is InChI=1S/C16H18N4O3/c1-10(20-16(21)14-15(17)19-6-5-18-14)11-3-4-12-13(9-11)23-8-2-7-22-12/h3-6,9-10H,2,7-8H2,1H3,(H2,17,19)(H,20,21)/t10-/m0/s1. The van der Waals surface area contributed by atoms with Crippen molar-refractivity contribution in [2.24, 2.45) is 0 Å². The molecule has 0 saturated heterocycles. The van der Waals surface area contributed by atoms with Crippen LogP contribution in [0.1, 0.15) is 35.4 Å². The molecule has 0 radical (unpaired) electrons. The number of aromatic nitrogens is 2. The SMILES string of the molecule is C[C@H](NC(=O)c1nccnc1N)c1ccc2c(c1)OCCCO2. The summed E-state index contributed by atoms with van der Waals surface area (Å²) in [5.41, 5.74) is 6.70. The van der Waals surface area contributed by atoms with E-state index < -0.39 is 0 Å². The van der Waals surface area contributed by atoms with Gasteiger partial charge in [0.1, 0.15) is 0 Å². The molecule has 23 heavy (non-hydrogen) atoms. The van der Waals surface area contributed by atoms with Gasteiger partial charge in [-0.15, -0.1) is 0 Å². The monoisotopic (exact) mass is 314 g/mol. The van der Waals surface area contributed by atoms with Crippen molar-refractivity contribution < 1.29 is 14.3 Å². The van der Waals surface area contributed by atoms with Crippen molar-refractivity contribution in [1.82, 2.24) is 15.3 Å². The Kier molecular flexibility index (Phi) is 4.27. The minimum atomic E-state index is -0.366. The zero-order chi connectivity index (χ0) is 16.2. The summed E-state index contributed by atoms with van der Waals surface area (Å²) in [4.78, 5) is 20.1. The Morgan fingerprint density at radius 1 is 1.22 bits per heavy atom. The van der Waals surface area contributed by atoms with Gasteiger partial charge in [-0.25, -0.2) is 9.97 Å². The number of hydrogen-bond acceptors (Lipinski definition) is 6. The smallest absolute Gasteiger partial charge is 0.274 e. The molecule has 1 amide bonds. The van der Waals surface area contributed by atoms with Crippen LogP contribution in [0.4, 0.5) is 5.82 Å². The number of nitrogens with two attached hydrogens (primary N) is 1. The lowest BCUT2D eigenvalue weighted by Gasteiger charge is -2.16. The summed E-state index contributed by atoms with van der Waals surface area (Å²) in [5.74, 6) is 1.16. The van der Waals surface area contributed by atoms with Gasteiger partial charge >= 0.3 is 0 Å². The first-order valence-corrected chi connectivity index (χ1v) is 7.42. The average Bonchev–Trinajstić information content (AvgIpc) is 2.79. The van der Waals surface area contributed by atoms with E-state index in [1.165, 1.54) is 12.4 Å². The first-order chi connectivity index (χ1) is 11.1. The predicted molar refractivity (Wildman–Crippen MR) is 84.4 cm³/mol. The van der Waals surface area contributed by atoms with Gasteiger partial charge in [0.25, 0.3) is 5.91 Å². The van der Waals surface area contributed by atoms with Crippen LogP contribution < -0.4 is 20.5 Å². The number of anilines is 1. The quantitative estimate of drug-likeness (QED) is 0.894. The number of amides is 1. The number of fused-ring (bicyclic) bond motifs is 1.